The van der Waals surface area contributed by atoms with E-state index in [1.807, 2.05) is 20.8 Å². The lowest BCUT2D eigenvalue weighted by atomic mass is 10.1. The number of carbonyl (C=O) groups excluding carboxylic acids is 2. The molecule has 21 heavy (non-hydrogen) atoms. The molecule has 7 nitrogen and oxygen atoms in total. The second-order valence-electron chi connectivity index (χ2n) is 5.45. The van der Waals surface area contributed by atoms with Gasteiger partial charge in [-0.05, 0) is 33.8 Å². The van der Waals surface area contributed by atoms with E-state index in [1.54, 1.807) is 13.0 Å². The van der Waals surface area contributed by atoms with Gasteiger partial charge in [-0.3, -0.25) is 19.7 Å². The molecule has 0 aliphatic rings. The van der Waals surface area contributed by atoms with E-state index < -0.39 is 22.3 Å². The fraction of sp³-hybridized carbons (Fsp3) is 0.429. The van der Waals surface area contributed by atoms with Crippen molar-refractivity contribution < 1.29 is 14.5 Å². The molecule has 1 aromatic carbocycles. The highest BCUT2D eigenvalue weighted by molar-refractivity contribution is 6.39. The number of hydrogen-bond donors (Lipinski definition) is 1. The number of rotatable bonds is 3. The quantitative estimate of drug-likeness (QED) is 0.525. The Labute approximate surface area is 123 Å². The molecule has 0 aromatic heterocycles. The van der Waals surface area contributed by atoms with Crippen molar-refractivity contribution in [2.75, 3.05) is 11.9 Å². The van der Waals surface area contributed by atoms with Crippen LogP contribution in [0.1, 0.15) is 27.7 Å². The Morgan fingerprint density at radius 1 is 1.29 bits per heavy atom. The van der Waals surface area contributed by atoms with E-state index in [-0.39, 0.29) is 11.4 Å². The summed E-state index contributed by atoms with van der Waals surface area (Å²) in [7, 11) is 0. The minimum atomic E-state index is -0.888. The Hall–Kier alpha value is -2.44. The Kier molecular flexibility index (Phi) is 5.02. The molecule has 1 aromatic rings. The van der Waals surface area contributed by atoms with Gasteiger partial charge in [0.1, 0.15) is 5.69 Å². The number of carbonyl (C=O) groups is 2. The lowest BCUT2D eigenvalue weighted by Gasteiger charge is -2.34. The van der Waals surface area contributed by atoms with Gasteiger partial charge in [-0.2, -0.15) is 0 Å². The lowest BCUT2D eigenvalue weighted by Crippen LogP contribution is -2.49. The van der Waals surface area contributed by atoms with Crippen LogP contribution >= 0.6 is 0 Å². The molecule has 0 fully saturated rings. The molecule has 0 unspecified atom stereocenters. The summed E-state index contributed by atoms with van der Waals surface area (Å²) < 4.78 is 0. The summed E-state index contributed by atoms with van der Waals surface area (Å²) in [5.74, 6) is -1.61. The number of amides is 2. The normalized spacial score (nSPS) is 10.9. The number of nitrogens with zero attached hydrogens (tertiary/aromatic N) is 2. The van der Waals surface area contributed by atoms with Crippen LogP contribution in [0.3, 0.4) is 0 Å². The van der Waals surface area contributed by atoms with Crippen molar-refractivity contribution in [3.8, 4) is 0 Å². The van der Waals surface area contributed by atoms with E-state index in [2.05, 4.69) is 5.32 Å². The molecule has 1 N–H and O–H groups in total. The van der Waals surface area contributed by atoms with Crippen LogP contribution in [-0.4, -0.2) is 33.7 Å². The van der Waals surface area contributed by atoms with Crippen LogP contribution in [0.25, 0.3) is 0 Å². The summed E-state index contributed by atoms with van der Waals surface area (Å²) in [5.41, 5.74) is -0.755. The van der Waals surface area contributed by atoms with Gasteiger partial charge in [0.2, 0.25) is 0 Å². The van der Waals surface area contributed by atoms with Gasteiger partial charge in [0, 0.05) is 18.2 Å². The number of benzene rings is 1. The van der Waals surface area contributed by atoms with Crippen molar-refractivity contribution in [2.24, 2.45) is 0 Å². The standard InChI is InChI=1S/C14H19N3O4/c1-5-16(14(2,3)4)13(19)12(18)15-10-8-6-7-9-11(10)17(20)21/h6-9H,5H2,1-4H3,(H,15,18). The van der Waals surface area contributed by atoms with Crippen LogP contribution < -0.4 is 5.32 Å². The minimum absolute atomic E-state index is 0.00538. The van der Waals surface area contributed by atoms with Gasteiger partial charge < -0.3 is 10.2 Å². The molecular weight excluding hydrogens is 274 g/mol. The smallest absolute Gasteiger partial charge is 0.314 e. The summed E-state index contributed by atoms with van der Waals surface area (Å²) in [6.07, 6.45) is 0. The molecule has 0 saturated carbocycles. The first-order chi connectivity index (χ1) is 9.68. The largest absolute Gasteiger partial charge is 0.330 e. The SMILES string of the molecule is CCN(C(=O)C(=O)Nc1ccccc1[N+](=O)[O-])C(C)(C)C. The number of para-hydroxylation sites is 2. The minimum Gasteiger partial charge on any atom is -0.330 e. The topological polar surface area (TPSA) is 92.6 Å². The Balaban J connectivity index is 2.96. The van der Waals surface area contributed by atoms with Crippen LogP contribution in [-0.2, 0) is 9.59 Å². The number of likely N-dealkylation sites (N-methyl/N-ethyl adjacent to an activating group) is 1. The van der Waals surface area contributed by atoms with Crippen molar-refractivity contribution in [3.63, 3.8) is 0 Å². The van der Waals surface area contributed by atoms with E-state index in [0.29, 0.717) is 6.54 Å². The number of hydrogen-bond acceptors (Lipinski definition) is 4. The Morgan fingerprint density at radius 3 is 2.33 bits per heavy atom. The Morgan fingerprint density at radius 2 is 1.86 bits per heavy atom. The second-order valence-corrected chi connectivity index (χ2v) is 5.45. The fourth-order valence-electron chi connectivity index (χ4n) is 1.96. The molecule has 0 bridgehead atoms. The van der Waals surface area contributed by atoms with E-state index >= 15 is 0 Å². The zero-order valence-corrected chi connectivity index (χ0v) is 12.5. The maximum absolute atomic E-state index is 12.2. The average Bonchev–Trinajstić information content (AvgIpc) is 2.38. The maximum Gasteiger partial charge on any atom is 0.314 e. The highest BCUT2D eigenvalue weighted by Crippen LogP contribution is 2.23. The first-order valence-electron chi connectivity index (χ1n) is 6.54. The van der Waals surface area contributed by atoms with Gasteiger partial charge in [-0.15, -0.1) is 0 Å². The van der Waals surface area contributed by atoms with Crippen LogP contribution in [0.4, 0.5) is 11.4 Å². The monoisotopic (exact) mass is 293 g/mol. The predicted octanol–water partition coefficient (Wildman–Crippen LogP) is 2.18. The van der Waals surface area contributed by atoms with Crippen molar-refractivity contribution in [3.05, 3.63) is 34.4 Å². The third-order valence-electron chi connectivity index (χ3n) is 2.91. The van der Waals surface area contributed by atoms with E-state index in [9.17, 15) is 19.7 Å². The third-order valence-corrected chi connectivity index (χ3v) is 2.91. The molecule has 0 aliphatic heterocycles. The average molecular weight is 293 g/mol. The predicted molar refractivity (Wildman–Crippen MR) is 78.9 cm³/mol. The van der Waals surface area contributed by atoms with Gasteiger partial charge in [-0.25, -0.2) is 0 Å². The van der Waals surface area contributed by atoms with Crippen molar-refractivity contribution in [1.29, 1.82) is 0 Å². The summed E-state index contributed by atoms with van der Waals surface area (Å²) in [5, 5.41) is 13.2. The molecule has 0 spiro atoms. The first kappa shape index (κ1) is 16.6. The zero-order chi connectivity index (χ0) is 16.2. The molecule has 0 radical (unpaired) electrons. The van der Waals surface area contributed by atoms with Gasteiger partial charge >= 0.3 is 11.8 Å². The van der Waals surface area contributed by atoms with Crippen LogP contribution in [0.5, 0.6) is 0 Å². The summed E-state index contributed by atoms with van der Waals surface area (Å²) in [6, 6.07) is 5.69. The van der Waals surface area contributed by atoms with Gasteiger partial charge in [0.05, 0.1) is 4.92 Å². The highest BCUT2D eigenvalue weighted by atomic mass is 16.6. The summed E-state index contributed by atoms with van der Waals surface area (Å²) in [6.45, 7) is 7.57. The molecule has 0 saturated heterocycles. The van der Waals surface area contributed by atoms with E-state index in [1.165, 1.54) is 23.1 Å². The number of nitro groups is 1. The first-order valence-corrected chi connectivity index (χ1v) is 6.54. The van der Waals surface area contributed by atoms with Crippen molar-refractivity contribution in [1.82, 2.24) is 4.90 Å². The Bertz CT molecular complexity index is 564. The molecule has 0 atom stereocenters. The molecule has 114 valence electrons. The van der Waals surface area contributed by atoms with Crippen molar-refractivity contribution >= 4 is 23.2 Å². The molecule has 2 amide bonds. The van der Waals surface area contributed by atoms with Gasteiger partial charge in [0.15, 0.2) is 0 Å². The second kappa shape index (κ2) is 6.34. The molecule has 0 heterocycles. The van der Waals surface area contributed by atoms with Gasteiger partial charge in [-0.1, -0.05) is 12.1 Å². The van der Waals surface area contributed by atoms with E-state index in [4.69, 9.17) is 0 Å². The lowest BCUT2D eigenvalue weighted by molar-refractivity contribution is -0.383. The highest BCUT2D eigenvalue weighted by Gasteiger charge is 2.30. The summed E-state index contributed by atoms with van der Waals surface area (Å²) >= 11 is 0. The molecular formula is C14H19N3O4. The van der Waals surface area contributed by atoms with Crippen LogP contribution in [0.15, 0.2) is 24.3 Å². The maximum atomic E-state index is 12.2. The van der Waals surface area contributed by atoms with Crippen molar-refractivity contribution in [2.45, 2.75) is 33.2 Å². The molecule has 7 heteroatoms. The zero-order valence-electron chi connectivity index (χ0n) is 12.5. The number of anilines is 1. The van der Waals surface area contributed by atoms with Crippen LogP contribution in [0, 0.1) is 10.1 Å². The molecule has 0 aliphatic carbocycles. The third kappa shape index (κ3) is 4.01. The fourth-order valence-corrected chi connectivity index (χ4v) is 1.96. The molecule has 1 rings (SSSR count). The van der Waals surface area contributed by atoms with E-state index in [0.717, 1.165) is 0 Å². The van der Waals surface area contributed by atoms with Gasteiger partial charge in [0.25, 0.3) is 5.69 Å². The van der Waals surface area contributed by atoms with Crippen LogP contribution in [0.2, 0.25) is 0 Å². The number of nitrogens with one attached hydrogen (secondary N) is 1. The summed E-state index contributed by atoms with van der Waals surface area (Å²) in [4.78, 5) is 35.8. The number of nitro benzene ring substituents is 1.